The highest BCUT2D eigenvalue weighted by molar-refractivity contribution is 5.79. The highest BCUT2D eigenvalue weighted by Crippen LogP contribution is 2.13. The van der Waals surface area contributed by atoms with Gasteiger partial charge >= 0.3 is 0 Å². The lowest BCUT2D eigenvalue weighted by Gasteiger charge is -2.13. The van der Waals surface area contributed by atoms with Crippen molar-refractivity contribution in [3.8, 4) is 0 Å². The smallest absolute Gasteiger partial charge is 0.191 e. The summed E-state index contributed by atoms with van der Waals surface area (Å²) in [6.07, 6.45) is 0.939. The Kier molecular flexibility index (Phi) is 8.09. The van der Waals surface area contributed by atoms with Gasteiger partial charge < -0.3 is 15.5 Å². The van der Waals surface area contributed by atoms with E-state index in [0.717, 1.165) is 31.0 Å². The summed E-state index contributed by atoms with van der Waals surface area (Å²) < 4.78 is 13.9. The van der Waals surface area contributed by atoms with Crippen molar-refractivity contribution in [1.82, 2.24) is 15.5 Å². The topological polar surface area (TPSA) is 39.7 Å². The SMILES string of the molecule is CCNC(=NCc1ccc(F)c(CN(C)C)c1)NCCc1ccccc1. The monoisotopic (exact) mass is 356 g/mol. The fraction of sp³-hybridized carbons (Fsp3) is 0.381. The van der Waals surface area contributed by atoms with Crippen LogP contribution in [0.1, 0.15) is 23.6 Å². The van der Waals surface area contributed by atoms with Gasteiger partial charge in [-0.15, -0.1) is 0 Å². The number of benzene rings is 2. The van der Waals surface area contributed by atoms with Crippen molar-refractivity contribution in [2.45, 2.75) is 26.4 Å². The van der Waals surface area contributed by atoms with E-state index in [2.05, 4.69) is 39.9 Å². The van der Waals surface area contributed by atoms with Gasteiger partial charge in [0, 0.05) is 25.2 Å². The summed E-state index contributed by atoms with van der Waals surface area (Å²) in [4.78, 5) is 6.58. The molecule has 2 rings (SSSR count). The van der Waals surface area contributed by atoms with Crippen molar-refractivity contribution >= 4 is 5.96 Å². The second-order valence-corrected chi connectivity index (χ2v) is 6.52. The summed E-state index contributed by atoms with van der Waals surface area (Å²) in [7, 11) is 3.87. The summed E-state index contributed by atoms with van der Waals surface area (Å²) in [6.45, 7) is 4.75. The van der Waals surface area contributed by atoms with E-state index in [4.69, 9.17) is 0 Å². The number of aliphatic imine (C=N–C) groups is 1. The molecular weight excluding hydrogens is 327 g/mol. The van der Waals surface area contributed by atoms with Crippen molar-refractivity contribution in [1.29, 1.82) is 0 Å². The van der Waals surface area contributed by atoms with Crippen molar-refractivity contribution in [2.75, 3.05) is 27.2 Å². The van der Waals surface area contributed by atoms with Crippen LogP contribution in [0, 0.1) is 5.82 Å². The Morgan fingerprint density at radius 2 is 1.81 bits per heavy atom. The van der Waals surface area contributed by atoms with Crippen LogP contribution < -0.4 is 10.6 Å². The highest BCUT2D eigenvalue weighted by atomic mass is 19.1. The molecule has 140 valence electrons. The van der Waals surface area contributed by atoms with Gasteiger partial charge in [0.05, 0.1) is 6.54 Å². The van der Waals surface area contributed by atoms with Crippen LogP contribution in [0.15, 0.2) is 53.5 Å². The maximum absolute atomic E-state index is 13.9. The van der Waals surface area contributed by atoms with Gasteiger partial charge in [0.25, 0.3) is 0 Å². The Morgan fingerprint density at radius 3 is 2.50 bits per heavy atom. The van der Waals surface area contributed by atoms with Crippen LogP contribution >= 0.6 is 0 Å². The van der Waals surface area contributed by atoms with Crippen LogP contribution in [0.3, 0.4) is 0 Å². The second-order valence-electron chi connectivity index (χ2n) is 6.52. The van der Waals surface area contributed by atoms with E-state index in [1.54, 1.807) is 6.07 Å². The largest absolute Gasteiger partial charge is 0.357 e. The number of rotatable bonds is 8. The van der Waals surface area contributed by atoms with Crippen LogP contribution in [0.2, 0.25) is 0 Å². The lowest BCUT2D eigenvalue weighted by atomic mass is 10.1. The molecule has 2 N–H and O–H groups in total. The molecule has 0 aliphatic heterocycles. The van der Waals surface area contributed by atoms with Gasteiger partial charge in [-0.05, 0) is 50.7 Å². The third-order valence-corrected chi connectivity index (χ3v) is 3.91. The molecule has 0 saturated heterocycles. The fourth-order valence-electron chi connectivity index (χ4n) is 2.67. The molecule has 2 aromatic carbocycles. The van der Waals surface area contributed by atoms with Gasteiger partial charge in [0.1, 0.15) is 5.82 Å². The zero-order chi connectivity index (χ0) is 18.8. The van der Waals surface area contributed by atoms with Gasteiger partial charge in [-0.2, -0.15) is 0 Å². The first-order valence-corrected chi connectivity index (χ1v) is 9.06. The summed E-state index contributed by atoms with van der Waals surface area (Å²) in [5.74, 6) is 0.612. The van der Waals surface area contributed by atoms with Crippen LogP contribution in [0.5, 0.6) is 0 Å². The first-order chi connectivity index (χ1) is 12.6. The summed E-state index contributed by atoms with van der Waals surface area (Å²) in [6, 6.07) is 15.6. The van der Waals surface area contributed by atoms with E-state index in [9.17, 15) is 4.39 Å². The fourth-order valence-corrected chi connectivity index (χ4v) is 2.67. The molecule has 0 atom stereocenters. The molecule has 0 bridgehead atoms. The standard InChI is InChI=1S/C21H29FN4/c1-4-23-21(24-13-12-17-8-6-5-7-9-17)25-15-18-10-11-20(22)19(14-18)16-26(2)3/h5-11,14H,4,12-13,15-16H2,1-3H3,(H2,23,24,25). The van der Waals surface area contributed by atoms with Crippen LogP contribution in [-0.2, 0) is 19.5 Å². The number of hydrogen-bond acceptors (Lipinski definition) is 2. The molecule has 5 heteroatoms. The van der Waals surface area contributed by atoms with Crippen molar-refractivity contribution in [3.63, 3.8) is 0 Å². The summed E-state index contributed by atoms with van der Waals surface area (Å²) in [5.41, 5.74) is 3.00. The molecule has 0 unspecified atom stereocenters. The summed E-state index contributed by atoms with van der Waals surface area (Å²) >= 11 is 0. The Bertz CT molecular complexity index is 698. The lowest BCUT2D eigenvalue weighted by Crippen LogP contribution is -2.38. The van der Waals surface area contributed by atoms with E-state index in [1.165, 1.54) is 11.6 Å². The zero-order valence-corrected chi connectivity index (χ0v) is 15.9. The normalized spacial score (nSPS) is 11.7. The van der Waals surface area contributed by atoms with Crippen molar-refractivity contribution < 1.29 is 4.39 Å². The number of halogens is 1. The van der Waals surface area contributed by atoms with E-state index >= 15 is 0 Å². The molecule has 0 radical (unpaired) electrons. The average Bonchev–Trinajstić information content (AvgIpc) is 2.62. The molecule has 26 heavy (non-hydrogen) atoms. The van der Waals surface area contributed by atoms with Crippen LogP contribution in [-0.4, -0.2) is 38.0 Å². The predicted molar refractivity (Wildman–Crippen MR) is 107 cm³/mol. The number of hydrogen-bond donors (Lipinski definition) is 2. The molecule has 0 aromatic heterocycles. The molecule has 0 fully saturated rings. The minimum Gasteiger partial charge on any atom is -0.357 e. The third-order valence-electron chi connectivity index (χ3n) is 3.91. The zero-order valence-electron chi connectivity index (χ0n) is 15.9. The third kappa shape index (κ3) is 6.84. The molecular formula is C21H29FN4. The van der Waals surface area contributed by atoms with Crippen LogP contribution in [0.4, 0.5) is 4.39 Å². The minimum atomic E-state index is -0.167. The predicted octanol–water partition coefficient (Wildman–Crippen LogP) is 3.19. The minimum absolute atomic E-state index is 0.167. The highest BCUT2D eigenvalue weighted by Gasteiger charge is 2.05. The maximum atomic E-state index is 13.9. The van der Waals surface area contributed by atoms with E-state index in [-0.39, 0.29) is 5.82 Å². The molecule has 0 saturated carbocycles. The number of nitrogens with one attached hydrogen (secondary N) is 2. The van der Waals surface area contributed by atoms with Crippen LogP contribution in [0.25, 0.3) is 0 Å². The van der Waals surface area contributed by atoms with Gasteiger partial charge in [-0.1, -0.05) is 36.4 Å². The molecule has 4 nitrogen and oxygen atoms in total. The molecule has 0 aliphatic carbocycles. The van der Waals surface area contributed by atoms with Gasteiger partial charge in [0.15, 0.2) is 5.96 Å². The molecule has 0 aliphatic rings. The average molecular weight is 356 g/mol. The Hall–Kier alpha value is -2.40. The van der Waals surface area contributed by atoms with E-state index in [0.29, 0.717) is 18.7 Å². The number of nitrogens with zero attached hydrogens (tertiary/aromatic N) is 2. The van der Waals surface area contributed by atoms with E-state index in [1.807, 2.05) is 38.1 Å². The maximum Gasteiger partial charge on any atom is 0.191 e. The quantitative estimate of drug-likeness (QED) is 0.564. The number of guanidine groups is 1. The second kappa shape index (κ2) is 10.6. The van der Waals surface area contributed by atoms with Gasteiger partial charge in [-0.25, -0.2) is 9.38 Å². The first kappa shape index (κ1) is 19.9. The van der Waals surface area contributed by atoms with Crippen molar-refractivity contribution in [3.05, 3.63) is 71.0 Å². The molecule has 0 heterocycles. The Balaban J connectivity index is 1.95. The molecule has 0 spiro atoms. The summed E-state index contributed by atoms with van der Waals surface area (Å²) in [5, 5.41) is 6.61. The first-order valence-electron chi connectivity index (χ1n) is 9.06. The van der Waals surface area contributed by atoms with Gasteiger partial charge in [-0.3, -0.25) is 0 Å². The molecule has 0 amide bonds. The van der Waals surface area contributed by atoms with Gasteiger partial charge in [0.2, 0.25) is 0 Å². The Labute approximate surface area is 156 Å². The van der Waals surface area contributed by atoms with E-state index < -0.39 is 0 Å². The Morgan fingerprint density at radius 1 is 1.04 bits per heavy atom. The van der Waals surface area contributed by atoms with Crippen molar-refractivity contribution in [2.24, 2.45) is 4.99 Å². The molecule has 2 aromatic rings. The lowest BCUT2D eigenvalue weighted by molar-refractivity contribution is 0.392.